The van der Waals surface area contributed by atoms with E-state index in [1.54, 1.807) is 6.92 Å². The second kappa shape index (κ2) is 8.34. The van der Waals surface area contributed by atoms with E-state index in [9.17, 15) is 9.59 Å². The topological polar surface area (TPSA) is 88.9 Å². The number of aromatic nitrogens is 3. The van der Waals surface area contributed by atoms with Gasteiger partial charge in [-0.05, 0) is 44.7 Å². The van der Waals surface area contributed by atoms with Gasteiger partial charge in [-0.2, -0.15) is 0 Å². The predicted molar refractivity (Wildman–Crippen MR) is 108 cm³/mol. The minimum absolute atomic E-state index is 0.179. The summed E-state index contributed by atoms with van der Waals surface area (Å²) in [5, 5.41) is 14.3. The van der Waals surface area contributed by atoms with Crippen LogP contribution in [0.4, 0.5) is 4.79 Å². The standard InChI is InChI=1S/C20H25N5O2S/c1-13(18(26)22-19(27)21-15-7-5-6-8-15)28-20-24-23-17(14-11-12-14)25(20)16-9-3-2-4-10-16/h2-4,9-10,13-15H,5-8,11-12H2,1H3,(H2,21,22,26,27)/t13-/m0/s1. The van der Waals surface area contributed by atoms with Crippen molar-refractivity contribution in [3.05, 3.63) is 36.2 Å². The molecule has 0 spiro atoms. The molecule has 0 unspecified atom stereocenters. The van der Waals surface area contributed by atoms with Gasteiger partial charge in [-0.3, -0.25) is 14.7 Å². The van der Waals surface area contributed by atoms with E-state index >= 15 is 0 Å². The minimum Gasteiger partial charge on any atom is -0.335 e. The van der Waals surface area contributed by atoms with E-state index in [0.717, 1.165) is 50.0 Å². The van der Waals surface area contributed by atoms with Gasteiger partial charge in [0.15, 0.2) is 5.16 Å². The van der Waals surface area contributed by atoms with Gasteiger partial charge in [0.05, 0.1) is 5.25 Å². The lowest BCUT2D eigenvalue weighted by molar-refractivity contribution is -0.119. The number of para-hydroxylation sites is 1. The molecule has 0 aliphatic heterocycles. The van der Waals surface area contributed by atoms with Crippen LogP contribution in [0.2, 0.25) is 0 Å². The zero-order chi connectivity index (χ0) is 19.5. The monoisotopic (exact) mass is 399 g/mol. The molecule has 3 amide bonds. The first-order valence-corrected chi connectivity index (χ1v) is 10.8. The zero-order valence-electron chi connectivity index (χ0n) is 15.9. The number of hydrogen-bond donors (Lipinski definition) is 2. The van der Waals surface area contributed by atoms with E-state index in [1.807, 2.05) is 34.9 Å². The lowest BCUT2D eigenvalue weighted by atomic mass is 10.2. The molecular weight excluding hydrogens is 374 g/mol. The van der Waals surface area contributed by atoms with E-state index in [-0.39, 0.29) is 11.9 Å². The third-order valence-corrected chi connectivity index (χ3v) is 6.24. The fourth-order valence-electron chi connectivity index (χ4n) is 3.50. The first-order valence-electron chi connectivity index (χ1n) is 9.90. The molecule has 0 radical (unpaired) electrons. The predicted octanol–water partition coefficient (Wildman–Crippen LogP) is 3.39. The Kier molecular flexibility index (Phi) is 5.66. The van der Waals surface area contributed by atoms with Crippen molar-refractivity contribution in [3.63, 3.8) is 0 Å². The summed E-state index contributed by atoms with van der Waals surface area (Å²) in [6.07, 6.45) is 6.46. The highest BCUT2D eigenvalue weighted by atomic mass is 32.2. The summed E-state index contributed by atoms with van der Waals surface area (Å²) in [6, 6.07) is 9.72. The summed E-state index contributed by atoms with van der Waals surface area (Å²) in [6.45, 7) is 1.78. The van der Waals surface area contributed by atoms with E-state index in [4.69, 9.17) is 0 Å². The maximum Gasteiger partial charge on any atom is 0.321 e. The van der Waals surface area contributed by atoms with Crippen LogP contribution in [0, 0.1) is 0 Å². The molecule has 2 saturated carbocycles. The van der Waals surface area contributed by atoms with Crippen LogP contribution >= 0.6 is 11.8 Å². The molecule has 1 aromatic heterocycles. The van der Waals surface area contributed by atoms with Gasteiger partial charge >= 0.3 is 6.03 Å². The summed E-state index contributed by atoms with van der Waals surface area (Å²) in [4.78, 5) is 24.6. The number of nitrogens with one attached hydrogen (secondary N) is 2. The number of urea groups is 1. The Hall–Kier alpha value is -2.35. The van der Waals surface area contributed by atoms with E-state index in [2.05, 4.69) is 20.8 Å². The van der Waals surface area contributed by atoms with Crippen LogP contribution in [0.15, 0.2) is 35.5 Å². The molecule has 2 N–H and O–H groups in total. The number of thioether (sulfide) groups is 1. The number of carbonyl (C=O) groups excluding carboxylic acids is 2. The van der Waals surface area contributed by atoms with Gasteiger partial charge in [0, 0.05) is 17.6 Å². The van der Waals surface area contributed by atoms with Crippen molar-refractivity contribution < 1.29 is 9.59 Å². The van der Waals surface area contributed by atoms with Crippen molar-refractivity contribution in [2.24, 2.45) is 0 Å². The largest absolute Gasteiger partial charge is 0.335 e. The summed E-state index contributed by atoms with van der Waals surface area (Å²) < 4.78 is 2.03. The second-order valence-corrected chi connectivity index (χ2v) is 8.80. The molecule has 8 heteroatoms. The number of hydrogen-bond acceptors (Lipinski definition) is 5. The molecule has 4 rings (SSSR count). The number of carbonyl (C=O) groups is 2. The first kappa shape index (κ1) is 19.0. The lowest BCUT2D eigenvalue weighted by Crippen LogP contribution is -2.45. The normalized spacial score (nSPS) is 18.0. The molecule has 148 valence electrons. The highest BCUT2D eigenvalue weighted by Crippen LogP contribution is 2.41. The van der Waals surface area contributed by atoms with E-state index in [0.29, 0.717) is 11.1 Å². The van der Waals surface area contributed by atoms with Crippen LogP contribution in [0.5, 0.6) is 0 Å². The van der Waals surface area contributed by atoms with Gasteiger partial charge in [0.25, 0.3) is 0 Å². The SMILES string of the molecule is C[C@H](Sc1nnc(C2CC2)n1-c1ccccc1)C(=O)NC(=O)NC1CCCC1. The van der Waals surface area contributed by atoms with Crippen LogP contribution in [-0.2, 0) is 4.79 Å². The number of benzene rings is 1. The molecule has 2 aliphatic carbocycles. The fourth-order valence-corrected chi connectivity index (χ4v) is 4.37. The Labute approximate surface area is 168 Å². The third-order valence-electron chi connectivity index (χ3n) is 5.19. The molecule has 1 aromatic carbocycles. The highest BCUT2D eigenvalue weighted by Gasteiger charge is 2.32. The van der Waals surface area contributed by atoms with Gasteiger partial charge in [-0.15, -0.1) is 10.2 Å². The Morgan fingerprint density at radius 3 is 2.50 bits per heavy atom. The van der Waals surface area contributed by atoms with Gasteiger partial charge in [-0.25, -0.2) is 4.79 Å². The second-order valence-electron chi connectivity index (χ2n) is 7.49. The molecule has 0 bridgehead atoms. The quantitative estimate of drug-likeness (QED) is 0.727. The van der Waals surface area contributed by atoms with Crippen molar-refractivity contribution in [3.8, 4) is 5.69 Å². The number of rotatable bonds is 6. The molecular formula is C20H25N5O2S. The molecule has 1 atom stereocenters. The molecule has 0 saturated heterocycles. The van der Waals surface area contributed by atoms with Crippen molar-refractivity contribution in [2.75, 3.05) is 0 Å². The number of nitrogens with zero attached hydrogens (tertiary/aromatic N) is 3. The Morgan fingerprint density at radius 2 is 1.82 bits per heavy atom. The average molecular weight is 400 g/mol. The van der Waals surface area contributed by atoms with Crippen LogP contribution in [0.25, 0.3) is 5.69 Å². The Balaban J connectivity index is 1.43. The van der Waals surface area contributed by atoms with Crippen LogP contribution in [0.3, 0.4) is 0 Å². The van der Waals surface area contributed by atoms with Crippen LogP contribution in [0.1, 0.15) is 57.2 Å². The maximum absolute atomic E-state index is 12.5. The summed E-state index contributed by atoms with van der Waals surface area (Å²) >= 11 is 1.32. The smallest absolute Gasteiger partial charge is 0.321 e. The summed E-state index contributed by atoms with van der Waals surface area (Å²) in [7, 11) is 0. The minimum atomic E-state index is -0.465. The number of imide groups is 1. The molecule has 7 nitrogen and oxygen atoms in total. The van der Waals surface area contributed by atoms with Crippen molar-refractivity contribution in [2.45, 2.75) is 67.8 Å². The average Bonchev–Trinajstić information content (AvgIpc) is 3.25. The molecule has 1 heterocycles. The maximum atomic E-state index is 12.5. The first-order chi connectivity index (χ1) is 13.6. The molecule has 2 aromatic rings. The molecule has 28 heavy (non-hydrogen) atoms. The van der Waals surface area contributed by atoms with Crippen molar-refractivity contribution >= 4 is 23.7 Å². The van der Waals surface area contributed by atoms with Crippen molar-refractivity contribution in [1.82, 2.24) is 25.4 Å². The number of amides is 3. The Bertz CT molecular complexity index is 844. The van der Waals surface area contributed by atoms with Gasteiger partial charge in [0.2, 0.25) is 5.91 Å². The van der Waals surface area contributed by atoms with E-state index in [1.165, 1.54) is 11.8 Å². The van der Waals surface area contributed by atoms with Crippen molar-refractivity contribution in [1.29, 1.82) is 0 Å². The summed E-state index contributed by atoms with van der Waals surface area (Å²) in [5.74, 6) is 1.06. The van der Waals surface area contributed by atoms with E-state index < -0.39 is 11.3 Å². The van der Waals surface area contributed by atoms with Gasteiger partial charge in [-0.1, -0.05) is 42.8 Å². The Morgan fingerprint density at radius 1 is 1.11 bits per heavy atom. The third kappa shape index (κ3) is 4.38. The zero-order valence-corrected chi connectivity index (χ0v) is 16.7. The highest BCUT2D eigenvalue weighted by molar-refractivity contribution is 8.00. The van der Waals surface area contributed by atoms with Crippen LogP contribution < -0.4 is 10.6 Å². The molecule has 2 aliphatic rings. The van der Waals surface area contributed by atoms with Gasteiger partial charge < -0.3 is 5.32 Å². The summed E-state index contributed by atoms with van der Waals surface area (Å²) in [5.41, 5.74) is 0.989. The molecule has 2 fully saturated rings. The lowest BCUT2D eigenvalue weighted by Gasteiger charge is -2.15. The van der Waals surface area contributed by atoms with Gasteiger partial charge in [0.1, 0.15) is 5.82 Å². The van der Waals surface area contributed by atoms with Crippen LogP contribution in [-0.4, -0.2) is 38.0 Å². The fraction of sp³-hybridized carbons (Fsp3) is 0.500.